The van der Waals surface area contributed by atoms with Gasteiger partial charge in [-0.3, -0.25) is 5.32 Å². The molecule has 0 unspecified atom stereocenters. The van der Waals surface area contributed by atoms with Crippen LogP contribution in [0.15, 0.2) is 36.5 Å². The summed E-state index contributed by atoms with van der Waals surface area (Å²) in [5.41, 5.74) is 1.80. The molecule has 0 atom stereocenters. The van der Waals surface area contributed by atoms with Gasteiger partial charge in [0, 0.05) is 6.20 Å². The third-order valence-electron chi connectivity index (χ3n) is 2.86. The van der Waals surface area contributed by atoms with Crippen molar-refractivity contribution in [2.45, 2.75) is 39.8 Å². The molecule has 1 aromatic carbocycles. The summed E-state index contributed by atoms with van der Waals surface area (Å²) in [6.45, 7) is 7.87. The number of nitrogens with one attached hydrogen (secondary N) is 2. The van der Waals surface area contributed by atoms with E-state index in [-0.39, 0.29) is 0 Å². The van der Waals surface area contributed by atoms with E-state index < -0.39 is 11.7 Å². The Balaban J connectivity index is 2.04. The smallest absolute Gasteiger partial charge is 0.412 e. The molecule has 0 radical (unpaired) electrons. The number of amides is 1. The van der Waals surface area contributed by atoms with E-state index in [0.29, 0.717) is 12.2 Å². The quantitative estimate of drug-likeness (QED) is 0.899. The lowest BCUT2D eigenvalue weighted by Gasteiger charge is -2.20. The summed E-state index contributed by atoms with van der Waals surface area (Å²) >= 11 is 0. The van der Waals surface area contributed by atoms with Gasteiger partial charge in [-0.05, 0) is 45.9 Å². The van der Waals surface area contributed by atoms with Gasteiger partial charge < -0.3 is 10.1 Å². The van der Waals surface area contributed by atoms with E-state index in [4.69, 9.17) is 4.74 Å². The zero-order chi connectivity index (χ0) is 16.9. The maximum atomic E-state index is 11.9. The average molecular weight is 314 g/mol. The number of benzene rings is 1. The summed E-state index contributed by atoms with van der Waals surface area (Å²) in [5, 5.41) is 6.02. The van der Waals surface area contributed by atoms with E-state index in [0.717, 1.165) is 17.2 Å². The van der Waals surface area contributed by atoms with E-state index in [1.165, 1.54) is 0 Å². The number of aromatic nitrogens is 2. The lowest BCUT2D eigenvalue weighted by Crippen LogP contribution is -2.27. The van der Waals surface area contributed by atoms with Crippen molar-refractivity contribution >= 4 is 17.5 Å². The predicted molar refractivity (Wildman–Crippen MR) is 90.4 cm³/mol. The molecular weight excluding hydrogens is 292 g/mol. The topological polar surface area (TPSA) is 76.1 Å². The van der Waals surface area contributed by atoms with Crippen molar-refractivity contribution in [3.05, 3.63) is 48.0 Å². The summed E-state index contributed by atoms with van der Waals surface area (Å²) in [4.78, 5) is 20.3. The first-order valence-corrected chi connectivity index (χ1v) is 7.45. The summed E-state index contributed by atoms with van der Waals surface area (Å²) in [6.07, 6.45) is 1.24. The van der Waals surface area contributed by atoms with Gasteiger partial charge in [-0.1, -0.05) is 12.1 Å². The molecule has 1 heterocycles. The zero-order valence-corrected chi connectivity index (χ0v) is 13.9. The van der Waals surface area contributed by atoms with Gasteiger partial charge in [-0.2, -0.15) is 0 Å². The minimum Gasteiger partial charge on any atom is -0.444 e. The van der Waals surface area contributed by atoms with Crippen molar-refractivity contribution in [1.29, 1.82) is 0 Å². The average Bonchev–Trinajstić information content (AvgIpc) is 2.44. The van der Waals surface area contributed by atoms with Crippen molar-refractivity contribution in [3.63, 3.8) is 0 Å². The minimum atomic E-state index is -0.537. The third-order valence-corrected chi connectivity index (χ3v) is 2.86. The van der Waals surface area contributed by atoms with Crippen molar-refractivity contribution in [1.82, 2.24) is 9.97 Å². The Morgan fingerprint density at radius 2 is 1.87 bits per heavy atom. The summed E-state index contributed by atoms with van der Waals surface area (Å²) < 4.78 is 5.28. The number of hydrogen-bond acceptors (Lipinski definition) is 5. The molecule has 2 rings (SSSR count). The molecule has 2 aromatic rings. The molecule has 1 amide bonds. The highest BCUT2D eigenvalue weighted by atomic mass is 16.6. The van der Waals surface area contributed by atoms with Gasteiger partial charge in [0.2, 0.25) is 0 Å². The Morgan fingerprint density at radius 1 is 1.17 bits per heavy atom. The van der Waals surface area contributed by atoms with Gasteiger partial charge >= 0.3 is 6.09 Å². The molecule has 0 aliphatic heterocycles. The van der Waals surface area contributed by atoms with Crippen LogP contribution in [0, 0.1) is 6.92 Å². The highest BCUT2D eigenvalue weighted by Gasteiger charge is 2.17. The van der Waals surface area contributed by atoms with Gasteiger partial charge in [0.25, 0.3) is 0 Å². The summed E-state index contributed by atoms with van der Waals surface area (Å²) in [7, 11) is 0. The van der Waals surface area contributed by atoms with Gasteiger partial charge in [0.15, 0.2) is 0 Å². The molecule has 0 fully saturated rings. The van der Waals surface area contributed by atoms with Crippen LogP contribution in [-0.2, 0) is 11.3 Å². The fraction of sp³-hybridized carbons (Fsp3) is 0.353. The number of para-hydroxylation sites is 2. The molecule has 0 saturated heterocycles. The van der Waals surface area contributed by atoms with E-state index in [2.05, 4.69) is 20.6 Å². The standard InChI is InChI=1S/C17H22N4O2/c1-12-18-10-9-13(20-12)11-19-14-7-5-6-8-15(14)21-16(22)23-17(2,3)4/h5-10,19H,11H2,1-4H3,(H,21,22). The predicted octanol–water partition coefficient (Wildman–Crippen LogP) is 3.74. The van der Waals surface area contributed by atoms with Crippen LogP contribution in [0.5, 0.6) is 0 Å². The van der Waals surface area contributed by atoms with Crippen LogP contribution >= 0.6 is 0 Å². The molecule has 122 valence electrons. The summed E-state index contributed by atoms with van der Waals surface area (Å²) in [6, 6.07) is 9.31. The van der Waals surface area contributed by atoms with Gasteiger partial charge in [0.05, 0.1) is 23.6 Å². The fourth-order valence-corrected chi connectivity index (χ4v) is 1.95. The Bertz CT molecular complexity index is 680. The maximum Gasteiger partial charge on any atom is 0.412 e. The highest BCUT2D eigenvalue weighted by molar-refractivity contribution is 5.89. The third kappa shape index (κ3) is 5.58. The van der Waals surface area contributed by atoms with Crippen LogP contribution in [0.2, 0.25) is 0 Å². The van der Waals surface area contributed by atoms with Gasteiger partial charge in [-0.15, -0.1) is 0 Å². The first kappa shape index (κ1) is 16.7. The molecule has 0 aliphatic carbocycles. The highest BCUT2D eigenvalue weighted by Crippen LogP contribution is 2.22. The first-order valence-electron chi connectivity index (χ1n) is 7.45. The first-order chi connectivity index (χ1) is 10.8. The molecule has 23 heavy (non-hydrogen) atoms. The number of anilines is 2. The fourth-order valence-electron chi connectivity index (χ4n) is 1.95. The molecule has 0 saturated carbocycles. The Labute approximate surface area is 136 Å². The number of nitrogens with zero attached hydrogens (tertiary/aromatic N) is 2. The second-order valence-corrected chi connectivity index (χ2v) is 6.12. The number of hydrogen-bond donors (Lipinski definition) is 2. The number of aryl methyl sites for hydroxylation is 1. The Hall–Kier alpha value is -2.63. The summed E-state index contributed by atoms with van der Waals surface area (Å²) in [5.74, 6) is 0.726. The lowest BCUT2D eigenvalue weighted by molar-refractivity contribution is 0.0636. The Morgan fingerprint density at radius 3 is 2.52 bits per heavy atom. The van der Waals surface area contributed by atoms with Crippen LogP contribution in [0.4, 0.5) is 16.2 Å². The lowest BCUT2D eigenvalue weighted by atomic mass is 10.2. The number of rotatable bonds is 4. The van der Waals surface area contributed by atoms with Crippen LogP contribution < -0.4 is 10.6 Å². The Kier molecular flexibility index (Phi) is 5.16. The number of ether oxygens (including phenoxy) is 1. The van der Waals surface area contributed by atoms with Crippen LogP contribution in [0.25, 0.3) is 0 Å². The molecule has 1 aromatic heterocycles. The van der Waals surface area contributed by atoms with E-state index >= 15 is 0 Å². The van der Waals surface area contributed by atoms with E-state index in [1.807, 2.05) is 58.0 Å². The van der Waals surface area contributed by atoms with Crippen LogP contribution in [-0.4, -0.2) is 21.7 Å². The molecule has 0 bridgehead atoms. The molecular formula is C17H22N4O2. The number of carbonyl (C=O) groups is 1. The van der Waals surface area contributed by atoms with Gasteiger partial charge in [0.1, 0.15) is 11.4 Å². The second kappa shape index (κ2) is 7.09. The van der Waals surface area contributed by atoms with Crippen LogP contribution in [0.3, 0.4) is 0 Å². The number of carbonyl (C=O) groups excluding carboxylic acids is 1. The zero-order valence-electron chi connectivity index (χ0n) is 13.9. The van der Waals surface area contributed by atoms with Gasteiger partial charge in [-0.25, -0.2) is 14.8 Å². The van der Waals surface area contributed by atoms with Crippen molar-refractivity contribution in [3.8, 4) is 0 Å². The van der Waals surface area contributed by atoms with Crippen molar-refractivity contribution in [2.75, 3.05) is 10.6 Å². The second-order valence-electron chi connectivity index (χ2n) is 6.12. The van der Waals surface area contributed by atoms with Crippen molar-refractivity contribution in [2.24, 2.45) is 0 Å². The van der Waals surface area contributed by atoms with Crippen LogP contribution in [0.1, 0.15) is 32.3 Å². The SMILES string of the molecule is Cc1nccc(CNc2ccccc2NC(=O)OC(C)(C)C)n1. The van der Waals surface area contributed by atoms with E-state index in [9.17, 15) is 4.79 Å². The maximum absolute atomic E-state index is 11.9. The largest absolute Gasteiger partial charge is 0.444 e. The molecule has 2 N–H and O–H groups in total. The normalized spacial score (nSPS) is 11.0. The van der Waals surface area contributed by atoms with Crippen molar-refractivity contribution < 1.29 is 9.53 Å². The van der Waals surface area contributed by atoms with E-state index in [1.54, 1.807) is 6.20 Å². The molecule has 6 heteroatoms. The monoisotopic (exact) mass is 314 g/mol. The molecule has 0 spiro atoms. The molecule has 0 aliphatic rings. The molecule has 6 nitrogen and oxygen atoms in total. The minimum absolute atomic E-state index is 0.482.